The van der Waals surface area contributed by atoms with Gasteiger partial charge in [0.1, 0.15) is 17.6 Å². The molecule has 0 saturated heterocycles. The SMILES string of the molecule is CC(C)CC(NC(=O)CCOc1ccc(F)cc1)C(=O)O. The number of carbonyl (C=O) groups is 2. The van der Waals surface area contributed by atoms with E-state index in [-0.39, 0.29) is 30.7 Å². The summed E-state index contributed by atoms with van der Waals surface area (Å²) < 4.78 is 18.0. The predicted molar refractivity (Wildman–Crippen MR) is 75.5 cm³/mol. The van der Waals surface area contributed by atoms with Crippen molar-refractivity contribution in [1.82, 2.24) is 5.32 Å². The topological polar surface area (TPSA) is 75.6 Å². The van der Waals surface area contributed by atoms with Crippen molar-refractivity contribution in [3.8, 4) is 5.75 Å². The minimum Gasteiger partial charge on any atom is -0.493 e. The van der Waals surface area contributed by atoms with Gasteiger partial charge in [-0.15, -0.1) is 0 Å². The highest BCUT2D eigenvalue weighted by atomic mass is 19.1. The number of hydrogen-bond acceptors (Lipinski definition) is 3. The zero-order valence-corrected chi connectivity index (χ0v) is 12.1. The average molecular weight is 297 g/mol. The molecule has 0 radical (unpaired) electrons. The zero-order valence-electron chi connectivity index (χ0n) is 12.1. The van der Waals surface area contributed by atoms with E-state index in [0.717, 1.165) is 0 Å². The number of halogens is 1. The minimum absolute atomic E-state index is 0.0409. The van der Waals surface area contributed by atoms with Gasteiger partial charge < -0.3 is 15.2 Å². The van der Waals surface area contributed by atoms with Crippen LogP contribution in [0.5, 0.6) is 5.75 Å². The summed E-state index contributed by atoms with van der Waals surface area (Å²) in [5.41, 5.74) is 0. The molecule has 2 N–H and O–H groups in total. The van der Waals surface area contributed by atoms with Crippen LogP contribution in [-0.2, 0) is 9.59 Å². The van der Waals surface area contributed by atoms with Crippen molar-refractivity contribution in [3.05, 3.63) is 30.1 Å². The maximum atomic E-state index is 12.7. The van der Waals surface area contributed by atoms with E-state index >= 15 is 0 Å². The number of aliphatic carboxylic acids is 1. The van der Waals surface area contributed by atoms with E-state index < -0.39 is 12.0 Å². The van der Waals surface area contributed by atoms with Gasteiger partial charge in [0.05, 0.1) is 13.0 Å². The van der Waals surface area contributed by atoms with Crippen molar-refractivity contribution in [1.29, 1.82) is 0 Å². The first-order valence-corrected chi connectivity index (χ1v) is 6.79. The lowest BCUT2D eigenvalue weighted by atomic mass is 10.0. The normalized spacial score (nSPS) is 12.0. The molecule has 0 fully saturated rings. The molecule has 1 rings (SSSR count). The smallest absolute Gasteiger partial charge is 0.326 e. The Morgan fingerprint density at radius 3 is 2.43 bits per heavy atom. The zero-order chi connectivity index (χ0) is 15.8. The van der Waals surface area contributed by atoms with E-state index in [4.69, 9.17) is 9.84 Å². The Kier molecular flexibility index (Phi) is 6.65. The van der Waals surface area contributed by atoms with Gasteiger partial charge in [-0.1, -0.05) is 13.8 Å². The molecule has 1 aromatic rings. The standard InChI is InChI=1S/C15H20FNO4/c1-10(2)9-13(15(19)20)17-14(18)7-8-21-12-5-3-11(16)4-6-12/h3-6,10,13H,7-9H2,1-2H3,(H,17,18)(H,19,20). The van der Waals surface area contributed by atoms with E-state index in [1.165, 1.54) is 24.3 Å². The summed E-state index contributed by atoms with van der Waals surface area (Å²) in [6.07, 6.45) is 0.416. The van der Waals surface area contributed by atoms with Crippen LogP contribution in [0.2, 0.25) is 0 Å². The quantitative estimate of drug-likeness (QED) is 0.771. The van der Waals surface area contributed by atoms with Gasteiger partial charge in [0.15, 0.2) is 0 Å². The molecule has 116 valence electrons. The lowest BCUT2D eigenvalue weighted by Gasteiger charge is -2.16. The summed E-state index contributed by atoms with van der Waals surface area (Å²) in [6, 6.07) is 4.57. The Bertz CT molecular complexity index is 473. The van der Waals surface area contributed by atoms with Gasteiger partial charge in [-0.3, -0.25) is 4.79 Å². The van der Waals surface area contributed by atoms with E-state index in [9.17, 15) is 14.0 Å². The lowest BCUT2D eigenvalue weighted by Crippen LogP contribution is -2.42. The Hall–Kier alpha value is -2.11. The summed E-state index contributed by atoms with van der Waals surface area (Å²) >= 11 is 0. The second-order valence-corrected chi connectivity index (χ2v) is 5.14. The van der Waals surface area contributed by atoms with Crippen LogP contribution in [0, 0.1) is 11.7 Å². The number of carbonyl (C=O) groups excluding carboxylic acids is 1. The largest absolute Gasteiger partial charge is 0.493 e. The minimum atomic E-state index is -1.04. The molecular formula is C15H20FNO4. The molecule has 21 heavy (non-hydrogen) atoms. The van der Waals surface area contributed by atoms with Crippen molar-refractivity contribution >= 4 is 11.9 Å². The first-order chi connectivity index (χ1) is 9.88. The third kappa shape index (κ3) is 6.74. The Morgan fingerprint density at radius 2 is 1.90 bits per heavy atom. The van der Waals surface area contributed by atoms with Crippen LogP contribution in [0.3, 0.4) is 0 Å². The van der Waals surface area contributed by atoms with Gasteiger partial charge in [0, 0.05) is 0 Å². The number of carboxylic acids is 1. The molecule has 1 aromatic carbocycles. The molecular weight excluding hydrogens is 277 g/mol. The average Bonchev–Trinajstić information content (AvgIpc) is 2.39. The molecule has 0 spiro atoms. The van der Waals surface area contributed by atoms with Gasteiger partial charge in [-0.25, -0.2) is 9.18 Å². The fourth-order valence-corrected chi connectivity index (χ4v) is 1.75. The van der Waals surface area contributed by atoms with Crippen LogP contribution in [0.15, 0.2) is 24.3 Å². The number of benzene rings is 1. The number of rotatable bonds is 8. The summed E-state index contributed by atoms with van der Waals surface area (Å²) in [7, 11) is 0. The molecule has 0 aromatic heterocycles. The number of hydrogen-bond donors (Lipinski definition) is 2. The summed E-state index contributed by atoms with van der Waals surface area (Å²) in [6.45, 7) is 3.88. The highest BCUT2D eigenvalue weighted by Gasteiger charge is 2.20. The fourth-order valence-electron chi connectivity index (χ4n) is 1.75. The Balaban J connectivity index is 2.35. The van der Waals surface area contributed by atoms with Crippen LogP contribution >= 0.6 is 0 Å². The Morgan fingerprint density at radius 1 is 1.29 bits per heavy atom. The summed E-state index contributed by atoms with van der Waals surface area (Å²) in [4.78, 5) is 22.7. The Labute approximate surface area is 123 Å². The third-order valence-electron chi connectivity index (χ3n) is 2.75. The van der Waals surface area contributed by atoms with Gasteiger partial charge in [-0.2, -0.15) is 0 Å². The van der Waals surface area contributed by atoms with Gasteiger partial charge >= 0.3 is 5.97 Å². The molecule has 1 unspecified atom stereocenters. The van der Waals surface area contributed by atoms with Crippen LogP contribution in [0.4, 0.5) is 4.39 Å². The number of amides is 1. The molecule has 0 saturated carbocycles. The highest BCUT2D eigenvalue weighted by molar-refractivity contribution is 5.83. The summed E-state index contributed by atoms with van der Waals surface area (Å²) in [5, 5.41) is 11.5. The van der Waals surface area contributed by atoms with Crippen LogP contribution in [0.25, 0.3) is 0 Å². The summed E-state index contributed by atoms with van der Waals surface area (Å²) in [5.74, 6) is -1.16. The number of nitrogens with one attached hydrogen (secondary N) is 1. The highest BCUT2D eigenvalue weighted by Crippen LogP contribution is 2.11. The van der Waals surface area contributed by atoms with E-state index in [1.54, 1.807) is 0 Å². The van der Waals surface area contributed by atoms with Crippen LogP contribution in [-0.4, -0.2) is 29.6 Å². The first kappa shape index (κ1) is 16.9. The van der Waals surface area contributed by atoms with E-state index in [2.05, 4.69) is 5.32 Å². The van der Waals surface area contributed by atoms with Crippen LogP contribution in [0.1, 0.15) is 26.7 Å². The van der Waals surface area contributed by atoms with Crippen molar-refractivity contribution in [2.75, 3.05) is 6.61 Å². The molecule has 5 nitrogen and oxygen atoms in total. The monoisotopic (exact) mass is 297 g/mol. The van der Waals surface area contributed by atoms with Crippen molar-refractivity contribution in [2.45, 2.75) is 32.7 Å². The molecule has 0 aliphatic carbocycles. The van der Waals surface area contributed by atoms with Crippen molar-refractivity contribution in [2.24, 2.45) is 5.92 Å². The van der Waals surface area contributed by atoms with Crippen LogP contribution < -0.4 is 10.1 Å². The van der Waals surface area contributed by atoms with Gasteiger partial charge in [-0.05, 0) is 36.6 Å². The molecule has 0 aliphatic rings. The maximum absolute atomic E-state index is 12.7. The maximum Gasteiger partial charge on any atom is 0.326 e. The second kappa shape index (κ2) is 8.24. The predicted octanol–water partition coefficient (Wildman–Crippen LogP) is 2.21. The van der Waals surface area contributed by atoms with E-state index in [1.807, 2.05) is 13.8 Å². The molecule has 6 heteroatoms. The third-order valence-corrected chi connectivity index (χ3v) is 2.75. The lowest BCUT2D eigenvalue weighted by molar-refractivity contribution is -0.142. The fraction of sp³-hybridized carbons (Fsp3) is 0.467. The second-order valence-electron chi connectivity index (χ2n) is 5.14. The first-order valence-electron chi connectivity index (χ1n) is 6.79. The van der Waals surface area contributed by atoms with Gasteiger partial charge in [0.25, 0.3) is 0 Å². The van der Waals surface area contributed by atoms with Gasteiger partial charge in [0.2, 0.25) is 5.91 Å². The number of ether oxygens (including phenoxy) is 1. The number of carboxylic acid groups (broad SMARTS) is 1. The van der Waals surface area contributed by atoms with E-state index in [0.29, 0.717) is 12.2 Å². The molecule has 0 aliphatic heterocycles. The molecule has 0 heterocycles. The van der Waals surface area contributed by atoms with Crippen molar-refractivity contribution < 1.29 is 23.8 Å². The molecule has 1 atom stereocenters. The molecule has 0 bridgehead atoms. The van der Waals surface area contributed by atoms with Crippen molar-refractivity contribution in [3.63, 3.8) is 0 Å². The molecule has 1 amide bonds.